The normalized spacial score (nSPS) is 15.1. The summed E-state index contributed by atoms with van der Waals surface area (Å²) >= 11 is 3.87. The van der Waals surface area contributed by atoms with Gasteiger partial charge in [-0.15, -0.1) is 0 Å². The van der Waals surface area contributed by atoms with Crippen molar-refractivity contribution in [3.05, 3.63) is 35.9 Å². The van der Waals surface area contributed by atoms with Gasteiger partial charge in [0.1, 0.15) is 0 Å². The highest BCUT2D eigenvalue weighted by Gasteiger charge is 2.20. The molecule has 0 aliphatic rings. The van der Waals surface area contributed by atoms with Gasteiger partial charge in [0.15, 0.2) is 0 Å². The van der Waals surface area contributed by atoms with E-state index in [4.69, 9.17) is 0 Å². The maximum atomic E-state index is 3.87. The van der Waals surface area contributed by atoms with Crippen LogP contribution in [0.15, 0.2) is 30.3 Å². The van der Waals surface area contributed by atoms with Crippen molar-refractivity contribution in [3.8, 4) is 0 Å². The van der Waals surface area contributed by atoms with Gasteiger partial charge in [-0.1, -0.05) is 73.5 Å². The molecule has 0 amide bonds. The predicted octanol–water partition coefficient (Wildman–Crippen LogP) is 5.38. The quantitative estimate of drug-likeness (QED) is 0.615. The fourth-order valence-electron chi connectivity index (χ4n) is 2.18. The molecule has 0 nitrogen and oxygen atoms in total. The summed E-state index contributed by atoms with van der Waals surface area (Å²) in [6, 6.07) is 10.9. The number of benzene rings is 1. The van der Waals surface area contributed by atoms with Crippen molar-refractivity contribution in [1.82, 2.24) is 0 Å². The molecule has 0 fully saturated rings. The first-order valence-corrected chi connectivity index (χ1v) is 7.25. The monoisotopic (exact) mass is 282 g/mol. The molecule has 0 radical (unpaired) electrons. The van der Waals surface area contributed by atoms with Gasteiger partial charge >= 0.3 is 0 Å². The second-order valence-electron chi connectivity index (χ2n) is 4.95. The van der Waals surface area contributed by atoms with E-state index in [0.717, 1.165) is 5.92 Å². The molecule has 90 valence electrons. The first kappa shape index (κ1) is 13.8. The van der Waals surface area contributed by atoms with Crippen LogP contribution in [0.4, 0.5) is 0 Å². The maximum absolute atomic E-state index is 3.87. The summed E-state index contributed by atoms with van der Waals surface area (Å²) < 4.78 is 0. The summed E-state index contributed by atoms with van der Waals surface area (Å²) in [4.78, 5) is 0.613. The van der Waals surface area contributed by atoms with Crippen molar-refractivity contribution in [2.45, 2.75) is 50.8 Å². The van der Waals surface area contributed by atoms with E-state index in [1.165, 1.54) is 24.8 Å². The number of rotatable bonds is 6. The van der Waals surface area contributed by atoms with Crippen LogP contribution in [0.3, 0.4) is 0 Å². The molecule has 0 aromatic heterocycles. The summed E-state index contributed by atoms with van der Waals surface area (Å²) in [5, 5.41) is 0. The Balaban J connectivity index is 2.78. The van der Waals surface area contributed by atoms with Crippen LogP contribution < -0.4 is 0 Å². The van der Waals surface area contributed by atoms with Crippen LogP contribution in [0.5, 0.6) is 0 Å². The Morgan fingerprint density at radius 1 is 1.12 bits per heavy atom. The smallest absolute Gasteiger partial charge is 0.0214 e. The lowest BCUT2D eigenvalue weighted by molar-refractivity contribution is 0.476. The minimum absolute atomic E-state index is 0.613. The number of hydrogen-bond acceptors (Lipinski definition) is 0. The van der Waals surface area contributed by atoms with E-state index in [1.807, 2.05) is 0 Å². The van der Waals surface area contributed by atoms with Gasteiger partial charge in [-0.2, -0.15) is 0 Å². The van der Waals surface area contributed by atoms with Crippen LogP contribution in [0.2, 0.25) is 0 Å². The van der Waals surface area contributed by atoms with Crippen LogP contribution in [-0.4, -0.2) is 4.83 Å². The van der Waals surface area contributed by atoms with Gasteiger partial charge in [0, 0.05) is 4.83 Å². The summed E-state index contributed by atoms with van der Waals surface area (Å²) in [5.41, 5.74) is 1.48. The van der Waals surface area contributed by atoms with E-state index in [1.54, 1.807) is 0 Å². The summed E-state index contributed by atoms with van der Waals surface area (Å²) in [6.07, 6.45) is 3.77. The highest BCUT2D eigenvalue weighted by Crippen LogP contribution is 2.33. The molecule has 0 saturated heterocycles. The Bertz CT molecular complexity index is 279. The third kappa shape index (κ3) is 4.29. The molecule has 0 aliphatic carbocycles. The molecule has 0 saturated carbocycles. The predicted molar refractivity (Wildman–Crippen MR) is 76.3 cm³/mol. The highest BCUT2D eigenvalue weighted by atomic mass is 79.9. The summed E-state index contributed by atoms with van der Waals surface area (Å²) in [7, 11) is 0. The molecule has 0 bridgehead atoms. The van der Waals surface area contributed by atoms with E-state index in [-0.39, 0.29) is 0 Å². The second-order valence-corrected chi connectivity index (χ2v) is 6.13. The zero-order valence-electron chi connectivity index (χ0n) is 10.6. The minimum atomic E-state index is 0.613. The largest absolute Gasteiger partial charge is 0.0884 e. The highest BCUT2D eigenvalue weighted by molar-refractivity contribution is 9.09. The van der Waals surface area contributed by atoms with Crippen molar-refractivity contribution in [1.29, 1.82) is 0 Å². The zero-order chi connectivity index (χ0) is 12.0. The fourth-order valence-corrected chi connectivity index (χ4v) is 3.16. The van der Waals surface area contributed by atoms with Crippen LogP contribution in [0.25, 0.3) is 0 Å². The van der Waals surface area contributed by atoms with Crippen LogP contribution in [0.1, 0.15) is 51.5 Å². The van der Waals surface area contributed by atoms with Crippen molar-refractivity contribution >= 4 is 15.9 Å². The molecule has 0 heterocycles. The first-order chi connectivity index (χ1) is 7.65. The summed E-state index contributed by atoms with van der Waals surface area (Å²) in [5.74, 6) is 1.41. The third-order valence-electron chi connectivity index (χ3n) is 2.95. The Labute approximate surface area is 109 Å². The molecular formula is C15H23Br. The molecule has 0 N–H and O–H groups in total. The van der Waals surface area contributed by atoms with E-state index in [0.29, 0.717) is 10.7 Å². The fraction of sp³-hybridized carbons (Fsp3) is 0.600. The second kappa shape index (κ2) is 7.11. The molecule has 16 heavy (non-hydrogen) atoms. The van der Waals surface area contributed by atoms with Gasteiger partial charge in [-0.25, -0.2) is 0 Å². The first-order valence-electron chi connectivity index (χ1n) is 6.34. The Hall–Kier alpha value is -0.300. The number of alkyl halides is 1. The van der Waals surface area contributed by atoms with Gasteiger partial charge < -0.3 is 0 Å². The molecule has 0 aliphatic heterocycles. The van der Waals surface area contributed by atoms with Crippen LogP contribution in [0, 0.1) is 5.92 Å². The molecule has 2 atom stereocenters. The van der Waals surface area contributed by atoms with Gasteiger partial charge in [-0.05, 0) is 30.2 Å². The van der Waals surface area contributed by atoms with Gasteiger partial charge in [0.2, 0.25) is 0 Å². The molecule has 1 heteroatoms. The molecule has 1 rings (SSSR count). The molecule has 1 aromatic carbocycles. The Morgan fingerprint density at radius 3 is 2.25 bits per heavy atom. The number of halogens is 1. The van der Waals surface area contributed by atoms with E-state index >= 15 is 0 Å². The van der Waals surface area contributed by atoms with E-state index in [2.05, 4.69) is 67.0 Å². The number of hydrogen-bond donors (Lipinski definition) is 0. The molecule has 2 unspecified atom stereocenters. The van der Waals surface area contributed by atoms with Gasteiger partial charge in [0.25, 0.3) is 0 Å². The third-order valence-corrected chi connectivity index (χ3v) is 4.05. The molecule has 1 aromatic rings. The van der Waals surface area contributed by atoms with E-state index in [9.17, 15) is 0 Å². The molecular weight excluding hydrogens is 260 g/mol. The lowest BCUT2D eigenvalue weighted by Gasteiger charge is -2.24. The molecule has 0 spiro atoms. The standard InChI is InChI=1S/C15H23Br/c1-4-8-15(16)14(11-12(2)3)13-9-6-5-7-10-13/h5-7,9-10,12,14-15H,4,8,11H2,1-3H3. The average molecular weight is 283 g/mol. The van der Waals surface area contributed by atoms with Crippen molar-refractivity contribution < 1.29 is 0 Å². The Morgan fingerprint density at radius 2 is 1.75 bits per heavy atom. The van der Waals surface area contributed by atoms with Crippen molar-refractivity contribution in [3.63, 3.8) is 0 Å². The van der Waals surface area contributed by atoms with Crippen molar-refractivity contribution in [2.24, 2.45) is 5.92 Å². The van der Waals surface area contributed by atoms with Crippen molar-refractivity contribution in [2.75, 3.05) is 0 Å². The van der Waals surface area contributed by atoms with E-state index < -0.39 is 0 Å². The lowest BCUT2D eigenvalue weighted by Crippen LogP contribution is -2.14. The average Bonchev–Trinajstić information content (AvgIpc) is 2.27. The summed E-state index contributed by atoms with van der Waals surface area (Å²) in [6.45, 7) is 6.87. The zero-order valence-corrected chi connectivity index (χ0v) is 12.2. The van der Waals surface area contributed by atoms with Crippen LogP contribution >= 0.6 is 15.9 Å². The SMILES string of the molecule is CCCC(Br)C(CC(C)C)c1ccccc1. The maximum Gasteiger partial charge on any atom is 0.0214 e. The minimum Gasteiger partial charge on any atom is -0.0884 e. The van der Waals surface area contributed by atoms with Gasteiger partial charge in [0.05, 0.1) is 0 Å². The topological polar surface area (TPSA) is 0 Å². The lowest BCUT2D eigenvalue weighted by atomic mass is 9.86. The van der Waals surface area contributed by atoms with Gasteiger partial charge in [-0.3, -0.25) is 0 Å². The van der Waals surface area contributed by atoms with Crippen LogP contribution in [-0.2, 0) is 0 Å². The Kier molecular flexibility index (Phi) is 6.12.